The molecule has 2 N–H and O–H groups in total. The van der Waals surface area contributed by atoms with E-state index in [2.05, 4.69) is 0 Å². The largest absolute Gasteiger partial charge is 0.370 e. The van der Waals surface area contributed by atoms with Crippen molar-refractivity contribution in [2.75, 3.05) is 6.54 Å². The maximum atomic E-state index is 6.06. The highest BCUT2D eigenvalue weighted by atomic mass is 16.5. The zero-order valence-electron chi connectivity index (χ0n) is 7.72. The molecule has 0 bridgehead atoms. The molecule has 2 nitrogen and oxygen atoms in total. The second kappa shape index (κ2) is 3.35. The fraction of sp³-hybridized carbons (Fsp3) is 1.00. The highest BCUT2D eigenvalue weighted by Crippen LogP contribution is 2.41. The van der Waals surface area contributed by atoms with E-state index in [-0.39, 0.29) is 5.60 Å². The predicted molar refractivity (Wildman–Crippen MR) is 49.0 cm³/mol. The van der Waals surface area contributed by atoms with E-state index >= 15 is 0 Å². The number of rotatable bonds is 1. The van der Waals surface area contributed by atoms with Crippen LogP contribution in [-0.2, 0) is 4.74 Å². The fourth-order valence-corrected chi connectivity index (χ4v) is 2.68. The first kappa shape index (κ1) is 8.52. The van der Waals surface area contributed by atoms with Crippen LogP contribution in [0.5, 0.6) is 0 Å². The molecule has 1 spiro atoms. The van der Waals surface area contributed by atoms with Crippen LogP contribution in [0.25, 0.3) is 0 Å². The van der Waals surface area contributed by atoms with Crippen LogP contribution in [0, 0.1) is 0 Å². The second-order valence-electron chi connectivity index (χ2n) is 4.26. The Bertz CT molecular complexity index is 152. The number of hydrogen-bond acceptors (Lipinski definition) is 2. The van der Waals surface area contributed by atoms with Crippen LogP contribution in [0.15, 0.2) is 0 Å². The average molecular weight is 169 g/mol. The minimum atomic E-state index is 0.266. The maximum Gasteiger partial charge on any atom is 0.0704 e. The van der Waals surface area contributed by atoms with E-state index in [1.54, 1.807) is 0 Å². The van der Waals surface area contributed by atoms with Crippen molar-refractivity contribution < 1.29 is 4.74 Å². The van der Waals surface area contributed by atoms with Gasteiger partial charge in [-0.05, 0) is 32.1 Å². The molecule has 0 aromatic rings. The molecule has 1 saturated heterocycles. The quantitative estimate of drug-likeness (QED) is 0.650. The van der Waals surface area contributed by atoms with Crippen LogP contribution in [0.4, 0.5) is 0 Å². The molecule has 1 heterocycles. The third-order valence-corrected chi connectivity index (χ3v) is 3.35. The number of ether oxygens (including phenoxy) is 1. The molecule has 1 atom stereocenters. The van der Waals surface area contributed by atoms with Crippen LogP contribution in [0.1, 0.15) is 44.9 Å². The summed E-state index contributed by atoms with van der Waals surface area (Å²) in [6, 6.07) is 0. The molecular formula is C10H19NO. The standard InChI is InChI=1S/C10H19NO/c11-8-9-4-3-7-10(12-9)5-1-2-6-10/h9H,1-8,11H2. The maximum absolute atomic E-state index is 6.06. The predicted octanol–water partition coefficient (Wildman–Crippen LogP) is 1.83. The topological polar surface area (TPSA) is 35.2 Å². The van der Waals surface area contributed by atoms with E-state index in [1.807, 2.05) is 0 Å². The van der Waals surface area contributed by atoms with Crippen molar-refractivity contribution >= 4 is 0 Å². The summed E-state index contributed by atoms with van der Waals surface area (Å²) < 4.78 is 6.06. The molecule has 0 aromatic heterocycles. The van der Waals surface area contributed by atoms with Gasteiger partial charge in [-0.1, -0.05) is 12.8 Å². The van der Waals surface area contributed by atoms with Crippen molar-refractivity contribution in [2.45, 2.75) is 56.7 Å². The van der Waals surface area contributed by atoms with E-state index in [4.69, 9.17) is 10.5 Å². The Morgan fingerprint density at radius 3 is 2.50 bits per heavy atom. The van der Waals surface area contributed by atoms with Gasteiger partial charge < -0.3 is 10.5 Å². The summed E-state index contributed by atoms with van der Waals surface area (Å²) in [7, 11) is 0. The Kier molecular flexibility index (Phi) is 2.37. The zero-order chi connectivity index (χ0) is 8.44. The first-order chi connectivity index (χ1) is 5.85. The monoisotopic (exact) mass is 169 g/mol. The van der Waals surface area contributed by atoms with Gasteiger partial charge in [-0.3, -0.25) is 0 Å². The summed E-state index contributed by atoms with van der Waals surface area (Å²) in [6.45, 7) is 0.710. The van der Waals surface area contributed by atoms with E-state index in [0.29, 0.717) is 12.6 Å². The van der Waals surface area contributed by atoms with Gasteiger partial charge in [0, 0.05) is 6.54 Å². The molecule has 1 aliphatic carbocycles. The average Bonchev–Trinajstić information content (AvgIpc) is 2.53. The Morgan fingerprint density at radius 2 is 1.83 bits per heavy atom. The molecule has 1 saturated carbocycles. The summed E-state index contributed by atoms with van der Waals surface area (Å²) >= 11 is 0. The first-order valence-corrected chi connectivity index (χ1v) is 5.23. The normalized spacial score (nSPS) is 34.2. The molecule has 0 aromatic carbocycles. The van der Waals surface area contributed by atoms with Crippen LogP contribution in [-0.4, -0.2) is 18.2 Å². The molecule has 0 amide bonds. The zero-order valence-corrected chi connectivity index (χ0v) is 7.72. The first-order valence-electron chi connectivity index (χ1n) is 5.23. The SMILES string of the molecule is NCC1CCCC2(CCCC2)O1. The Labute approximate surface area is 74.5 Å². The lowest BCUT2D eigenvalue weighted by atomic mass is 9.90. The molecule has 2 aliphatic rings. The number of hydrogen-bond donors (Lipinski definition) is 1. The molecule has 1 unspecified atom stereocenters. The third-order valence-electron chi connectivity index (χ3n) is 3.35. The van der Waals surface area contributed by atoms with Crippen molar-refractivity contribution in [2.24, 2.45) is 5.73 Å². The van der Waals surface area contributed by atoms with E-state index in [9.17, 15) is 0 Å². The molecule has 2 heteroatoms. The smallest absolute Gasteiger partial charge is 0.0704 e. The van der Waals surface area contributed by atoms with Crippen molar-refractivity contribution in [1.29, 1.82) is 0 Å². The van der Waals surface area contributed by atoms with Crippen LogP contribution >= 0.6 is 0 Å². The lowest BCUT2D eigenvalue weighted by molar-refractivity contribution is -0.120. The molecule has 2 rings (SSSR count). The van der Waals surface area contributed by atoms with Gasteiger partial charge in [0.2, 0.25) is 0 Å². The number of nitrogens with two attached hydrogens (primary N) is 1. The summed E-state index contributed by atoms with van der Waals surface area (Å²) in [5, 5.41) is 0. The van der Waals surface area contributed by atoms with Gasteiger partial charge in [-0.25, -0.2) is 0 Å². The van der Waals surface area contributed by atoms with Crippen molar-refractivity contribution in [3.05, 3.63) is 0 Å². The van der Waals surface area contributed by atoms with Crippen molar-refractivity contribution in [3.8, 4) is 0 Å². The summed E-state index contributed by atoms with van der Waals surface area (Å²) in [5.41, 5.74) is 5.90. The van der Waals surface area contributed by atoms with Gasteiger partial charge in [0.15, 0.2) is 0 Å². The van der Waals surface area contributed by atoms with Gasteiger partial charge in [0.1, 0.15) is 0 Å². The molecule has 70 valence electrons. The molecule has 1 aliphatic heterocycles. The van der Waals surface area contributed by atoms with E-state index < -0.39 is 0 Å². The van der Waals surface area contributed by atoms with Gasteiger partial charge >= 0.3 is 0 Å². The minimum Gasteiger partial charge on any atom is -0.370 e. The third kappa shape index (κ3) is 1.50. The molecule has 12 heavy (non-hydrogen) atoms. The molecule has 0 radical (unpaired) electrons. The molecular weight excluding hydrogens is 150 g/mol. The minimum absolute atomic E-state index is 0.266. The lowest BCUT2D eigenvalue weighted by Gasteiger charge is -2.38. The second-order valence-corrected chi connectivity index (χ2v) is 4.26. The highest BCUT2D eigenvalue weighted by molar-refractivity contribution is 4.90. The highest BCUT2D eigenvalue weighted by Gasteiger charge is 2.38. The Hall–Kier alpha value is -0.0800. The van der Waals surface area contributed by atoms with Gasteiger partial charge in [-0.2, -0.15) is 0 Å². The van der Waals surface area contributed by atoms with Crippen molar-refractivity contribution in [3.63, 3.8) is 0 Å². The van der Waals surface area contributed by atoms with E-state index in [1.165, 1.54) is 44.9 Å². The van der Waals surface area contributed by atoms with Gasteiger partial charge in [0.05, 0.1) is 11.7 Å². The molecule has 2 fully saturated rings. The van der Waals surface area contributed by atoms with Gasteiger partial charge in [0.25, 0.3) is 0 Å². The van der Waals surface area contributed by atoms with Crippen LogP contribution in [0.3, 0.4) is 0 Å². The fourth-order valence-electron chi connectivity index (χ4n) is 2.68. The Balaban J connectivity index is 1.97. The van der Waals surface area contributed by atoms with E-state index in [0.717, 1.165) is 0 Å². The lowest BCUT2D eigenvalue weighted by Crippen LogP contribution is -2.41. The Morgan fingerprint density at radius 1 is 1.17 bits per heavy atom. The summed E-state index contributed by atoms with van der Waals surface area (Å²) in [4.78, 5) is 0. The van der Waals surface area contributed by atoms with Gasteiger partial charge in [-0.15, -0.1) is 0 Å². The summed E-state index contributed by atoms with van der Waals surface area (Å²) in [5.74, 6) is 0. The van der Waals surface area contributed by atoms with Crippen molar-refractivity contribution in [1.82, 2.24) is 0 Å². The van der Waals surface area contributed by atoms with Crippen LogP contribution < -0.4 is 5.73 Å². The summed E-state index contributed by atoms with van der Waals surface area (Å²) in [6.07, 6.45) is 9.42. The van der Waals surface area contributed by atoms with Crippen LogP contribution in [0.2, 0.25) is 0 Å².